The molecule has 1 fully saturated rings. The average Bonchev–Trinajstić information content (AvgIpc) is 2.58. The van der Waals surface area contributed by atoms with E-state index in [-0.39, 0.29) is 0 Å². The third-order valence-electron chi connectivity index (χ3n) is 3.64. The summed E-state index contributed by atoms with van der Waals surface area (Å²) in [6.07, 6.45) is 1.25. The van der Waals surface area contributed by atoms with Gasteiger partial charge in [0.15, 0.2) is 0 Å². The SMILES string of the molecule is CC(C)C1CN(Cc2ccc(Br)cc2)CCCN1. The second-order valence-electron chi connectivity index (χ2n) is 5.52. The molecule has 0 aliphatic carbocycles. The Morgan fingerprint density at radius 2 is 2.06 bits per heavy atom. The van der Waals surface area contributed by atoms with Gasteiger partial charge in [0.05, 0.1) is 0 Å². The molecule has 1 aromatic carbocycles. The number of hydrogen-bond donors (Lipinski definition) is 1. The van der Waals surface area contributed by atoms with Crippen LogP contribution in [0.15, 0.2) is 28.7 Å². The van der Waals surface area contributed by atoms with E-state index in [0.29, 0.717) is 12.0 Å². The van der Waals surface area contributed by atoms with E-state index in [4.69, 9.17) is 0 Å². The molecule has 18 heavy (non-hydrogen) atoms. The van der Waals surface area contributed by atoms with Crippen molar-refractivity contribution in [2.45, 2.75) is 32.9 Å². The Morgan fingerprint density at radius 3 is 2.72 bits per heavy atom. The highest BCUT2D eigenvalue weighted by molar-refractivity contribution is 9.10. The van der Waals surface area contributed by atoms with Crippen molar-refractivity contribution < 1.29 is 0 Å². The first-order chi connectivity index (χ1) is 8.65. The largest absolute Gasteiger partial charge is 0.312 e. The van der Waals surface area contributed by atoms with Crippen molar-refractivity contribution in [3.63, 3.8) is 0 Å². The van der Waals surface area contributed by atoms with Crippen molar-refractivity contribution >= 4 is 15.9 Å². The van der Waals surface area contributed by atoms with Gasteiger partial charge < -0.3 is 5.32 Å². The van der Waals surface area contributed by atoms with Crippen molar-refractivity contribution in [3.05, 3.63) is 34.3 Å². The maximum absolute atomic E-state index is 3.66. The third-order valence-corrected chi connectivity index (χ3v) is 4.17. The summed E-state index contributed by atoms with van der Waals surface area (Å²) >= 11 is 3.49. The van der Waals surface area contributed by atoms with Crippen LogP contribution < -0.4 is 5.32 Å². The lowest BCUT2D eigenvalue weighted by Gasteiger charge is -2.26. The van der Waals surface area contributed by atoms with Crippen LogP contribution in [-0.4, -0.2) is 30.6 Å². The molecule has 0 saturated carbocycles. The standard InChI is InChI=1S/C15H23BrN2/c1-12(2)15-11-18(9-3-8-17-15)10-13-4-6-14(16)7-5-13/h4-7,12,15,17H,3,8-11H2,1-2H3. The fraction of sp³-hybridized carbons (Fsp3) is 0.600. The van der Waals surface area contributed by atoms with Gasteiger partial charge >= 0.3 is 0 Å². The molecular formula is C15H23BrN2. The number of nitrogens with one attached hydrogen (secondary N) is 1. The van der Waals surface area contributed by atoms with Gasteiger partial charge in [-0.2, -0.15) is 0 Å². The van der Waals surface area contributed by atoms with Crippen molar-refractivity contribution in [2.75, 3.05) is 19.6 Å². The van der Waals surface area contributed by atoms with E-state index in [1.807, 2.05) is 0 Å². The summed E-state index contributed by atoms with van der Waals surface area (Å²) in [6.45, 7) is 9.19. The molecule has 0 radical (unpaired) electrons. The molecule has 3 heteroatoms. The lowest BCUT2D eigenvalue weighted by atomic mass is 10.0. The first-order valence-corrected chi connectivity index (χ1v) is 7.64. The smallest absolute Gasteiger partial charge is 0.0234 e. The summed E-state index contributed by atoms with van der Waals surface area (Å²) in [7, 11) is 0. The van der Waals surface area contributed by atoms with E-state index in [0.717, 1.165) is 24.1 Å². The minimum absolute atomic E-state index is 0.628. The van der Waals surface area contributed by atoms with E-state index in [1.165, 1.54) is 18.5 Å². The summed E-state index contributed by atoms with van der Waals surface area (Å²) in [4.78, 5) is 2.58. The van der Waals surface area contributed by atoms with E-state index >= 15 is 0 Å². The zero-order valence-electron chi connectivity index (χ0n) is 11.3. The zero-order valence-corrected chi connectivity index (χ0v) is 12.9. The Hall–Kier alpha value is -0.380. The number of nitrogens with zero attached hydrogens (tertiary/aromatic N) is 1. The summed E-state index contributed by atoms with van der Waals surface area (Å²) in [5, 5.41) is 3.66. The molecule has 0 bridgehead atoms. The van der Waals surface area contributed by atoms with Crippen LogP contribution in [0.4, 0.5) is 0 Å². The molecule has 2 rings (SSSR count). The minimum Gasteiger partial charge on any atom is -0.312 e. The molecule has 1 unspecified atom stereocenters. The van der Waals surface area contributed by atoms with Crippen LogP contribution in [0.5, 0.6) is 0 Å². The molecule has 1 heterocycles. The molecule has 0 aromatic heterocycles. The molecule has 2 nitrogen and oxygen atoms in total. The second kappa shape index (κ2) is 6.69. The van der Waals surface area contributed by atoms with E-state index < -0.39 is 0 Å². The van der Waals surface area contributed by atoms with Gasteiger partial charge in [0, 0.05) is 23.6 Å². The van der Waals surface area contributed by atoms with Crippen molar-refractivity contribution in [3.8, 4) is 0 Å². The molecule has 1 saturated heterocycles. The van der Waals surface area contributed by atoms with Gasteiger partial charge in [0.1, 0.15) is 0 Å². The first kappa shape index (κ1) is 14.0. The molecule has 1 N–H and O–H groups in total. The molecule has 0 amide bonds. The lowest BCUT2D eigenvalue weighted by molar-refractivity contribution is 0.238. The molecule has 100 valence electrons. The van der Waals surface area contributed by atoms with Crippen LogP contribution in [0.1, 0.15) is 25.8 Å². The van der Waals surface area contributed by atoms with Gasteiger partial charge in [0.2, 0.25) is 0 Å². The van der Waals surface area contributed by atoms with Crippen LogP contribution in [0.2, 0.25) is 0 Å². The van der Waals surface area contributed by atoms with Crippen LogP contribution in [0, 0.1) is 5.92 Å². The lowest BCUT2D eigenvalue weighted by Crippen LogP contribution is -2.40. The van der Waals surface area contributed by atoms with Gasteiger partial charge in [0.25, 0.3) is 0 Å². The number of halogens is 1. The normalized spacial score (nSPS) is 22.1. The predicted molar refractivity (Wildman–Crippen MR) is 80.7 cm³/mol. The zero-order chi connectivity index (χ0) is 13.0. The van der Waals surface area contributed by atoms with Crippen LogP contribution in [0.3, 0.4) is 0 Å². The maximum atomic E-state index is 3.66. The van der Waals surface area contributed by atoms with Crippen LogP contribution in [0.25, 0.3) is 0 Å². The Morgan fingerprint density at radius 1 is 1.33 bits per heavy atom. The van der Waals surface area contributed by atoms with Crippen LogP contribution in [-0.2, 0) is 6.54 Å². The molecule has 1 aliphatic rings. The fourth-order valence-corrected chi connectivity index (χ4v) is 2.73. The maximum Gasteiger partial charge on any atom is 0.0234 e. The van der Waals surface area contributed by atoms with Crippen molar-refractivity contribution in [2.24, 2.45) is 5.92 Å². The third kappa shape index (κ3) is 4.08. The minimum atomic E-state index is 0.628. The number of rotatable bonds is 3. The molecule has 0 spiro atoms. The number of hydrogen-bond acceptors (Lipinski definition) is 2. The molecule has 1 aliphatic heterocycles. The van der Waals surface area contributed by atoms with Gasteiger partial charge in [-0.25, -0.2) is 0 Å². The highest BCUT2D eigenvalue weighted by Crippen LogP contribution is 2.15. The summed E-state index contributed by atoms with van der Waals surface area (Å²) in [6, 6.07) is 9.32. The van der Waals surface area contributed by atoms with Crippen molar-refractivity contribution in [1.82, 2.24) is 10.2 Å². The van der Waals surface area contributed by atoms with Gasteiger partial charge in [-0.3, -0.25) is 4.90 Å². The fourth-order valence-electron chi connectivity index (χ4n) is 2.46. The van der Waals surface area contributed by atoms with E-state index in [1.54, 1.807) is 0 Å². The summed E-state index contributed by atoms with van der Waals surface area (Å²) in [5.41, 5.74) is 1.41. The number of benzene rings is 1. The van der Waals surface area contributed by atoms with Gasteiger partial charge in [-0.15, -0.1) is 0 Å². The Bertz CT molecular complexity index is 361. The average molecular weight is 311 g/mol. The highest BCUT2D eigenvalue weighted by atomic mass is 79.9. The van der Waals surface area contributed by atoms with Gasteiger partial charge in [-0.05, 0) is 43.1 Å². The first-order valence-electron chi connectivity index (χ1n) is 6.85. The Kier molecular flexibility index (Phi) is 5.22. The van der Waals surface area contributed by atoms with Gasteiger partial charge in [-0.1, -0.05) is 41.9 Å². The summed E-state index contributed by atoms with van der Waals surface area (Å²) in [5.74, 6) is 0.704. The molecular weight excluding hydrogens is 288 g/mol. The second-order valence-corrected chi connectivity index (χ2v) is 6.44. The quantitative estimate of drug-likeness (QED) is 0.922. The predicted octanol–water partition coefficient (Wildman–Crippen LogP) is 3.27. The van der Waals surface area contributed by atoms with Crippen LogP contribution >= 0.6 is 15.9 Å². The molecule has 1 aromatic rings. The summed E-state index contributed by atoms with van der Waals surface area (Å²) < 4.78 is 1.16. The van der Waals surface area contributed by atoms with Crippen molar-refractivity contribution in [1.29, 1.82) is 0 Å². The Labute approximate surface area is 119 Å². The van der Waals surface area contributed by atoms with E-state index in [9.17, 15) is 0 Å². The monoisotopic (exact) mass is 310 g/mol. The Balaban J connectivity index is 1.96. The topological polar surface area (TPSA) is 15.3 Å². The molecule has 1 atom stereocenters. The highest BCUT2D eigenvalue weighted by Gasteiger charge is 2.19. The van der Waals surface area contributed by atoms with E-state index in [2.05, 4.69) is 64.3 Å².